The van der Waals surface area contributed by atoms with E-state index in [-0.39, 0.29) is 34.6 Å². The first kappa shape index (κ1) is 37.7. The number of nitrogens with zero attached hydrogens (tertiary/aromatic N) is 3. The second-order valence-electron chi connectivity index (χ2n) is 12.6. The fourth-order valence-electron chi connectivity index (χ4n) is 6.80. The van der Waals surface area contributed by atoms with Gasteiger partial charge in [0.2, 0.25) is 0 Å². The van der Waals surface area contributed by atoms with Crippen LogP contribution in [-0.2, 0) is 36.0 Å². The third kappa shape index (κ3) is 7.06. The van der Waals surface area contributed by atoms with E-state index in [0.717, 1.165) is 22.3 Å². The highest BCUT2D eigenvalue weighted by Crippen LogP contribution is 2.48. The largest absolute Gasteiger partial charge is 0.497 e. The zero-order valence-electron chi connectivity index (χ0n) is 29.8. The van der Waals surface area contributed by atoms with Crippen molar-refractivity contribution in [3.63, 3.8) is 0 Å². The molecule has 1 saturated heterocycles. The predicted octanol–water partition coefficient (Wildman–Crippen LogP) is 6.10. The molecule has 0 saturated carbocycles. The number of nitrogens with one attached hydrogen (secondary N) is 1. The standard InChI is InChI=1S/C41H36ClN5O6S2/c1-51-30-20-18-25(19-21-30)23-53-39(50)34-26(22-42)24-54-38-33(37(49)47(34)38)44-36(48)32(46-52-2)31-35(43)55-40(45-31)41(27-12-6-3-7-13-27,28-14-8-4-9-15-28)29-16-10-5-11-17-29/h3-21,33,38H,22-24,43H2,1-2H3,(H,44,48)/b46-32-/t33-,38-/m1/s1. The number of rotatable bonds is 13. The number of hydrogen-bond acceptors (Lipinski definition) is 11. The van der Waals surface area contributed by atoms with E-state index in [4.69, 9.17) is 36.6 Å². The zero-order chi connectivity index (χ0) is 38.5. The summed E-state index contributed by atoms with van der Waals surface area (Å²) in [6, 6.07) is 36.0. The number of thiazole rings is 1. The number of ether oxygens (including phenoxy) is 2. The summed E-state index contributed by atoms with van der Waals surface area (Å²) >= 11 is 8.86. The minimum atomic E-state index is -0.989. The van der Waals surface area contributed by atoms with Crippen LogP contribution in [0.3, 0.4) is 0 Å². The first-order chi connectivity index (χ1) is 26.8. The van der Waals surface area contributed by atoms with Crippen molar-refractivity contribution >= 4 is 63.2 Å². The molecule has 14 heteroatoms. The molecular formula is C41H36ClN5O6S2. The van der Waals surface area contributed by atoms with Gasteiger partial charge in [0.15, 0.2) is 5.71 Å². The predicted molar refractivity (Wildman–Crippen MR) is 214 cm³/mol. The van der Waals surface area contributed by atoms with Gasteiger partial charge in [-0.1, -0.05) is 120 Å². The number of thioether (sulfide) groups is 1. The topological polar surface area (TPSA) is 145 Å². The molecule has 1 fully saturated rings. The van der Waals surface area contributed by atoms with Crippen molar-refractivity contribution in [2.45, 2.75) is 23.4 Å². The highest BCUT2D eigenvalue weighted by Gasteiger charge is 2.55. The molecule has 5 aromatic rings. The van der Waals surface area contributed by atoms with Crippen molar-refractivity contribution in [3.8, 4) is 5.75 Å². The summed E-state index contributed by atoms with van der Waals surface area (Å²) in [6.07, 6.45) is 0. The number of amides is 2. The number of methoxy groups -OCH3 is 1. The molecule has 1 aromatic heterocycles. The lowest BCUT2D eigenvalue weighted by Gasteiger charge is -2.49. The van der Waals surface area contributed by atoms with Gasteiger partial charge < -0.3 is 25.4 Å². The first-order valence-corrected chi connectivity index (χ1v) is 19.6. The van der Waals surface area contributed by atoms with E-state index in [0.29, 0.717) is 22.1 Å². The van der Waals surface area contributed by atoms with Crippen LogP contribution in [0.25, 0.3) is 0 Å². The second-order valence-corrected chi connectivity index (χ2v) is 15.0. The maximum Gasteiger partial charge on any atom is 0.355 e. The molecule has 2 aliphatic heterocycles. The summed E-state index contributed by atoms with van der Waals surface area (Å²) in [7, 11) is 2.88. The summed E-state index contributed by atoms with van der Waals surface area (Å²) in [4.78, 5) is 52.8. The van der Waals surface area contributed by atoms with Gasteiger partial charge in [-0.05, 0) is 40.0 Å². The number of carbonyl (C=O) groups excluding carboxylic acids is 3. The Kier molecular flexibility index (Phi) is 11.2. The Bertz CT molecular complexity index is 2150. The number of benzene rings is 4. The third-order valence-corrected chi connectivity index (χ3v) is 12.1. The minimum Gasteiger partial charge on any atom is -0.497 e. The normalized spacial score (nSPS) is 16.9. The number of nitrogens with two attached hydrogens (primary N) is 1. The Morgan fingerprint density at radius 2 is 1.51 bits per heavy atom. The van der Waals surface area contributed by atoms with Crippen molar-refractivity contribution in [3.05, 3.63) is 159 Å². The molecule has 11 nitrogen and oxygen atoms in total. The molecule has 0 aliphatic carbocycles. The van der Waals surface area contributed by atoms with Crippen LogP contribution in [0.2, 0.25) is 0 Å². The number of hydrogen-bond donors (Lipinski definition) is 2. The van der Waals surface area contributed by atoms with Crippen LogP contribution in [0, 0.1) is 0 Å². The third-order valence-electron chi connectivity index (χ3n) is 9.43. The number of nitrogen functional groups attached to an aromatic ring is 1. The molecule has 0 spiro atoms. The monoisotopic (exact) mass is 793 g/mol. The number of fused-ring (bicyclic) bond motifs is 1. The molecule has 4 aromatic carbocycles. The maximum absolute atomic E-state index is 14.1. The van der Waals surface area contributed by atoms with Gasteiger partial charge >= 0.3 is 5.97 Å². The van der Waals surface area contributed by atoms with Crippen LogP contribution < -0.4 is 15.8 Å². The number of oxime groups is 1. The summed E-state index contributed by atoms with van der Waals surface area (Å²) in [5.41, 5.74) is 9.92. The summed E-state index contributed by atoms with van der Waals surface area (Å²) in [5, 5.41) is 7.12. The molecule has 0 radical (unpaired) electrons. The average molecular weight is 794 g/mol. The van der Waals surface area contributed by atoms with Crippen molar-refractivity contribution in [2.24, 2.45) is 5.16 Å². The molecule has 55 heavy (non-hydrogen) atoms. The molecule has 280 valence electrons. The van der Waals surface area contributed by atoms with Gasteiger partial charge in [-0.15, -0.1) is 23.4 Å². The Labute approximate surface area is 331 Å². The number of halogens is 1. The van der Waals surface area contributed by atoms with Gasteiger partial charge in [-0.3, -0.25) is 14.5 Å². The minimum absolute atomic E-state index is 0.0180. The first-order valence-electron chi connectivity index (χ1n) is 17.2. The maximum atomic E-state index is 14.1. The summed E-state index contributed by atoms with van der Waals surface area (Å²) in [5.74, 6) is -0.837. The Hall–Kier alpha value is -5.63. The van der Waals surface area contributed by atoms with Crippen molar-refractivity contribution in [1.82, 2.24) is 15.2 Å². The van der Waals surface area contributed by atoms with Gasteiger partial charge in [0, 0.05) is 11.6 Å². The average Bonchev–Trinajstić information content (AvgIpc) is 3.62. The fourth-order valence-corrected chi connectivity index (χ4v) is 9.57. The fraction of sp³-hybridized carbons (Fsp3) is 0.195. The van der Waals surface area contributed by atoms with Crippen LogP contribution in [-0.4, -0.2) is 70.6 Å². The lowest BCUT2D eigenvalue weighted by Crippen LogP contribution is -2.71. The molecule has 3 N–H and O–H groups in total. The van der Waals surface area contributed by atoms with E-state index in [1.807, 2.05) is 91.0 Å². The van der Waals surface area contributed by atoms with Crippen molar-refractivity contribution in [1.29, 1.82) is 0 Å². The molecule has 3 heterocycles. The van der Waals surface area contributed by atoms with Crippen molar-refractivity contribution < 1.29 is 28.7 Å². The number of esters is 1. The molecular weight excluding hydrogens is 758 g/mol. The van der Waals surface area contributed by atoms with Crippen LogP contribution in [0.15, 0.2) is 132 Å². The smallest absolute Gasteiger partial charge is 0.355 e. The van der Waals surface area contributed by atoms with Gasteiger partial charge in [-0.25, -0.2) is 9.78 Å². The molecule has 7 rings (SSSR count). The van der Waals surface area contributed by atoms with E-state index < -0.39 is 34.6 Å². The van der Waals surface area contributed by atoms with Gasteiger partial charge in [0.25, 0.3) is 11.8 Å². The van der Waals surface area contributed by atoms with Crippen LogP contribution in [0.1, 0.15) is 33.0 Å². The molecule has 2 atom stereocenters. The highest BCUT2D eigenvalue weighted by molar-refractivity contribution is 8.00. The quantitative estimate of drug-likeness (QED) is 0.0361. The van der Waals surface area contributed by atoms with E-state index in [1.165, 1.54) is 35.1 Å². The number of β-lactam (4-membered cyclic amide) rings is 1. The SMILES string of the molecule is CO/N=C(\C(=O)N[C@@H]1C(=O)N2C(C(=O)OCc3ccc(OC)cc3)=C(CCl)CS[C@H]12)c1nc(C(c2ccccc2)(c2ccccc2)c2ccccc2)sc1N. The van der Waals surface area contributed by atoms with E-state index >= 15 is 0 Å². The molecule has 0 unspecified atom stereocenters. The number of carbonyl (C=O) groups is 3. The van der Waals surface area contributed by atoms with Crippen molar-refractivity contribution in [2.75, 3.05) is 31.6 Å². The molecule has 2 amide bonds. The highest BCUT2D eigenvalue weighted by atomic mass is 35.5. The van der Waals surface area contributed by atoms with Crippen LogP contribution >= 0.6 is 34.7 Å². The molecule has 0 bridgehead atoms. The molecule has 2 aliphatic rings. The summed E-state index contributed by atoms with van der Waals surface area (Å²) in [6.45, 7) is -0.0180. The van der Waals surface area contributed by atoms with Gasteiger partial charge in [0.05, 0.1) is 12.5 Å². The Morgan fingerprint density at radius 1 is 0.927 bits per heavy atom. The lowest BCUT2D eigenvalue weighted by molar-refractivity contribution is -0.153. The van der Waals surface area contributed by atoms with Gasteiger partial charge in [-0.2, -0.15) is 0 Å². The number of anilines is 1. The van der Waals surface area contributed by atoms with Crippen LogP contribution in [0.5, 0.6) is 5.75 Å². The van der Waals surface area contributed by atoms with Gasteiger partial charge in [0.1, 0.15) is 52.3 Å². The van der Waals surface area contributed by atoms with E-state index in [2.05, 4.69) is 10.5 Å². The number of alkyl halides is 1. The van der Waals surface area contributed by atoms with E-state index in [1.54, 1.807) is 31.4 Å². The number of aromatic nitrogens is 1. The lowest BCUT2D eigenvalue weighted by atomic mass is 9.70. The van der Waals surface area contributed by atoms with Crippen LogP contribution in [0.4, 0.5) is 5.00 Å². The summed E-state index contributed by atoms with van der Waals surface area (Å²) < 4.78 is 10.8. The van der Waals surface area contributed by atoms with E-state index in [9.17, 15) is 14.4 Å². The second kappa shape index (κ2) is 16.4. The Balaban J connectivity index is 1.17. The zero-order valence-corrected chi connectivity index (χ0v) is 32.2. The Morgan fingerprint density at radius 3 is 2.04 bits per heavy atom.